The molecule has 0 saturated heterocycles. The van der Waals surface area contributed by atoms with Gasteiger partial charge in [0.2, 0.25) is 0 Å². The molecule has 26 heavy (non-hydrogen) atoms. The average Bonchev–Trinajstić information content (AvgIpc) is 2.66. The van der Waals surface area contributed by atoms with Crippen molar-refractivity contribution in [3.8, 4) is 0 Å². The second-order valence-corrected chi connectivity index (χ2v) is 7.21. The van der Waals surface area contributed by atoms with Gasteiger partial charge >= 0.3 is 0 Å². The van der Waals surface area contributed by atoms with E-state index in [-0.39, 0.29) is 0 Å². The number of rotatable bonds is 21. The van der Waals surface area contributed by atoms with Gasteiger partial charge < -0.3 is 9.47 Å². The summed E-state index contributed by atoms with van der Waals surface area (Å²) in [6.07, 6.45) is 28.6. The molecule has 154 valence electrons. The lowest BCUT2D eigenvalue weighted by molar-refractivity contribution is -0.0531. The highest BCUT2D eigenvalue weighted by molar-refractivity contribution is 4.82. The molecule has 0 rings (SSSR count). The highest BCUT2D eigenvalue weighted by Gasteiger charge is 1.91. The zero-order valence-electron chi connectivity index (χ0n) is 17.9. The molecule has 0 heterocycles. The first kappa shape index (κ1) is 25.4. The summed E-state index contributed by atoms with van der Waals surface area (Å²) in [6.45, 7) is 6.52. The monoisotopic (exact) mass is 366 g/mol. The number of ether oxygens (including phenoxy) is 2. The van der Waals surface area contributed by atoms with Crippen LogP contribution in [0.25, 0.3) is 0 Å². The Hall–Kier alpha value is -0.600. The van der Waals surface area contributed by atoms with Crippen LogP contribution in [0.1, 0.15) is 110 Å². The molecule has 2 nitrogen and oxygen atoms in total. The van der Waals surface area contributed by atoms with Gasteiger partial charge in [0.25, 0.3) is 0 Å². The molecule has 0 aromatic carbocycles. The molecule has 0 aromatic heterocycles. The molecular formula is C24H46O2. The van der Waals surface area contributed by atoms with Crippen molar-refractivity contribution in [3.05, 3.63) is 24.3 Å². The number of allylic oxidation sites excluding steroid dienone is 3. The summed E-state index contributed by atoms with van der Waals surface area (Å²) in [6, 6.07) is 0. The normalized spacial score (nSPS) is 11.9. The molecule has 0 aliphatic heterocycles. The number of hydrogen-bond donors (Lipinski definition) is 0. The Morgan fingerprint density at radius 2 is 0.962 bits per heavy atom. The maximum absolute atomic E-state index is 5.45. The first-order chi connectivity index (χ1) is 12.9. The maximum atomic E-state index is 5.45. The molecule has 0 aromatic rings. The average molecular weight is 367 g/mol. The largest absolute Gasteiger partial charge is 0.355 e. The van der Waals surface area contributed by atoms with Crippen LogP contribution in [0, 0.1) is 0 Å². The molecule has 0 bridgehead atoms. The van der Waals surface area contributed by atoms with Gasteiger partial charge in [-0.25, -0.2) is 0 Å². The van der Waals surface area contributed by atoms with Crippen LogP contribution in [0.2, 0.25) is 0 Å². The molecule has 0 radical (unpaired) electrons. The Labute approximate surface area is 164 Å². The van der Waals surface area contributed by atoms with Gasteiger partial charge in [0.05, 0.1) is 6.61 Å². The quantitative estimate of drug-likeness (QED) is 0.116. The third kappa shape index (κ3) is 23.4. The Kier molecular flexibility index (Phi) is 23.8. The maximum Gasteiger partial charge on any atom is 0.146 e. The summed E-state index contributed by atoms with van der Waals surface area (Å²) in [4.78, 5) is 0. The lowest BCUT2D eigenvalue weighted by Gasteiger charge is -2.04. The minimum atomic E-state index is 0.450. The molecule has 0 saturated carbocycles. The van der Waals surface area contributed by atoms with E-state index in [0.29, 0.717) is 6.79 Å². The van der Waals surface area contributed by atoms with Crippen molar-refractivity contribution in [2.75, 3.05) is 20.0 Å². The van der Waals surface area contributed by atoms with Gasteiger partial charge in [0, 0.05) is 6.61 Å². The van der Waals surface area contributed by atoms with Crippen molar-refractivity contribution in [1.82, 2.24) is 0 Å². The summed E-state index contributed by atoms with van der Waals surface area (Å²) in [7, 11) is 0. The van der Waals surface area contributed by atoms with Crippen molar-refractivity contribution >= 4 is 0 Å². The third-order valence-corrected chi connectivity index (χ3v) is 4.54. The van der Waals surface area contributed by atoms with Gasteiger partial charge in [-0.3, -0.25) is 0 Å². The van der Waals surface area contributed by atoms with Gasteiger partial charge in [-0.05, 0) is 44.9 Å². The summed E-state index contributed by atoms with van der Waals surface area (Å²) >= 11 is 0. The standard InChI is InChI=1S/C24H46O2/c1-3-5-7-8-9-10-11-12-13-14-15-16-17-18-19-21-23-26-24-25-22-20-6-4-2/h8-9,18-19H,3-7,10-17,20-24H2,1-2H3/b9-8+,19-18-. The van der Waals surface area contributed by atoms with E-state index < -0.39 is 0 Å². The lowest BCUT2D eigenvalue weighted by atomic mass is 10.1. The van der Waals surface area contributed by atoms with Crippen LogP contribution in [0.3, 0.4) is 0 Å². The van der Waals surface area contributed by atoms with E-state index in [1.165, 1.54) is 83.5 Å². The molecular weight excluding hydrogens is 320 g/mol. The van der Waals surface area contributed by atoms with Crippen molar-refractivity contribution in [3.63, 3.8) is 0 Å². The summed E-state index contributed by atoms with van der Waals surface area (Å²) in [5, 5.41) is 0. The molecule has 0 unspecified atom stereocenters. The fraction of sp³-hybridized carbons (Fsp3) is 0.833. The van der Waals surface area contributed by atoms with Crippen LogP contribution >= 0.6 is 0 Å². The van der Waals surface area contributed by atoms with Crippen molar-refractivity contribution < 1.29 is 9.47 Å². The summed E-state index contributed by atoms with van der Waals surface area (Å²) in [5.74, 6) is 0. The zero-order valence-corrected chi connectivity index (χ0v) is 17.9. The van der Waals surface area contributed by atoms with Crippen molar-refractivity contribution in [2.24, 2.45) is 0 Å². The number of hydrogen-bond acceptors (Lipinski definition) is 2. The Morgan fingerprint density at radius 1 is 0.462 bits per heavy atom. The topological polar surface area (TPSA) is 18.5 Å². The smallest absolute Gasteiger partial charge is 0.146 e. The van der Waals surface area contributed by atoms with Gasteiger partial charge in [-0.1, -0.05) is 89.5 Å². The van der Waals surface area contributed by atoms with Gasteiger partial charge in [0.15, 0.2) is 0 Å². The third-order valence-electron chi connectivity index (χ3n) is 4.54. The molecule has 0 N–H and O–H groups in total. The molecule has 0 aliphatic carbocycles. The van der Waals surface area contributed by atoms with E-state index in [0.717, 1.165) is 26.1 Å². The molecule has 0 atom stereocenters. The van der Waals surface area contributed by atoms with E-state index in [9.17, 15) is 0 Å². The van der Waals surface area contributed by atoms with Crippen molar-refractivity contribution in [2.45, 2.75) is 110 Å². The highest BCUT2D eigenvalue weighted by atomic mass is 16.7. The van der Waals surface area contributed by atoms with E-state index >= 15 is 0 Å². The second kappa shape index (κ2) is 24.4. The fourth-order valence-electron chi connectivity index (χ4n) is 2.81. The Morgan fingerprint density at radius 3 is 1.58 bits per heavy atom. The molecule has 2 heteroatoms. The molecule has 0 spiro atoms. The van der Waals surface area contributed by atoms with E-state index in [4.69, 9.17) is 9.47 Å². The van der Waals surface area contributed by atoms with Crippen LogP contribution in [0.15, 0.2) is 24.3 Å². The second-order valence-electron chi connectivity index (χ2n) is 7.21. The van der Waals surface area contributed by atoms with E-state index in [2.05, 4.69) is 38.2 Å². The lowest BCUT2D eigenvalue weighted by Crippen LogP contribution is -2.02. The van der Waals surface area contributed by atoms with Crippen LogP contribution in [-0.2, 0) is 9.47 Å². The predicted octanol–water partition coefficient (Wildman–Crippen LogP) is 7.98. The minimum Gasteiger partial charge on any atom is -0.355 e. The van der Waals surface area contributed by atoms with Crippen LogP contribution < -0.4 is 0 Å². The van der Waals surface area contributed by atoms with E-state index in [1.54, 1.807) is 0 Å². The number of unbranched alkanes of at least 4 members (excludes halogenated alkanes) is 11. The van der Waals surface area contributed by atoms with Crippen LogP contribution in [0.4, 0.5) is 0 Å². The van der Waals surface area contributed by atoms with Gasteiger partial charge in [0.1, 0.15) is 6.79 Å². The summed E-state index contributed by atoms with van der Waals surface area (Å²) in [5.41, 5.74) is 0. The summed E-state index contributed by atoms with van der Waals surface area (Å²) < 4.78 is 10.9. The minimum absolute atomic E-state index is 0.450. The predicted molar refractivity (Wildman–Crippen MR) is 116 cm³/mol. The highest BCUT2D eigenvalue weighted by Crippen LogP contribution is 2.09. The zero-order chi connectivity index (χ0) is 19.0. The van der Waals surface area contributed by atoms with E-state index in [1.807, 2.05) is 0 Å². The molecule has 0 fully saturated rings. The van der Waals surface area contributed by atoms with Crippen LogP contribution in [0.5, 0.6) is 0 Å². The SMILES string of the molecule is CCCC/C=C/CCCCCCCC/C=C\CCOCOCCCCC. The van der Waals surface area contributed by atoms with Crippen molar-refractivity contribution in [1.29, 1.82) is 0 Å². The molecule has 0 aliphatic rings. The first-order valence-electron chi connectivity index (χ1n) is 11.4. The fourth-order valence-corrected chi connectivity index (χ4v) is 2.81. The van der Waals surface area contributed by atoms with Gasteiger partial charge in [-0.15, -0.1) is 0 Å². The Balaban J connectivity index is 3.09. The molecule has 0 amide bonds. The van der Waals surface area contributed by atoms with Crippen LogP contribution in [-0.4, -0.2) is 20.0 Å². The van der Waals surface area contributed by atoms with Gasteiger partial charge in [-0.2, -0.15) is 0 Å². The Bertz CT molecular complexity index is 297. The first-order valence-corrected chi connectivity index (χ1v) is 11.4.